The van der Waals surface area contributed by atoms with Gasteiger partial charge < -0.3 is 14.4 Å². The SMILES string of the molecule is COc1cccc(C(=O)N2CCC(=O)C(C)C2)c1OC. The van der Waals surface area contributed by atoms with E-state index in [-0.39, 0.29) is 17.6 Å². The van der Waals surface area contributed by atoms with Gasteiger partial charge in [-0.25, -0.2) is 0 Å². The smallest absolute Gasteiger partial charge is 0.257 e. The van der Waals surface area contributed by atoms with Gasteiger partial charge in [0.2, 0.25) is 0 Å². The second-order valence-electron chi connectivity index (χ2n) is 4.91. The fraction of sp³-hybridized carbons (Fsp3) is 0.467. The highest BCUT2D eigenvalue weighted by atomic mass is 16.5. The molecule has 1 aliphatic rings. The van der Waals surface area contributed by atoms with Crippen LogP contribution in [-0.2, 0) is 4.79 Å². The van der Waals surface area contributed by atoms with Gasteiger partial charge in [-0.05, 0) is 12.1 Å². The number of methoxy groups -OCH3 is 2. The summed E-state index contributed by atoms with van der Waals surface area (Å²) in [5.74, 6) is 0.945. The van der Waals surface area contributed by atoms with Crippen molar-refractivity contribution in [3.63, 3.8) is 0 Å². The molecule has 0 aliphatic carbocycles. The van der Waals surface area contributed by atoms with E-state index in [1.807, 2.05) is 6.92 Å². The van der Waals surface area contributed by atoms with Crippen LogP contribution >= 0.6 is 0 Å². The summed E-state index contributed by atoms with van der Waals surface area (Å²) in [4.78, 5) is 25.8. The van der Waals surface area contributed by atoms with Gasteiger partial charge in [0.25, 0.3) is 5.91 Å². The summed E-state index contributed by atoms with van der Waals surface area (Å²) in [6.45, 7) is 2.77. The van der Waals surface area contributed by atoms with Crippen LogP contribution in [0.3, 0.4) is 0 Å². The summed E-state index contributed by atoms with van der Waals surface area (Å²) in [5, 5.41) is 0. The van der Waals surface area contributed by atoms with Crippen molar-refractivity contribution in [2.45, 2.75) is 13.3 Å². The molecule has 1 aromatic rings. The molecule has 5 heteroatoms. The van der Waals surface area contributed by atoms with E-state index in [1.54, 1.807) is 23.1 Å². The van der Waals surface area contributed by atoms with Gasteiger partial charge in [0, 0.05) is 25.4 Å². The van der Waals surface area contributed by atoms with Crippen LogP contribution in [0, 0.1) is 5.92 Å². The minimum absolute atomic E-state index is 0.107. The number of Topliss-reactive ketones (excluding diaryl/α,β-unsaturated/α-hetero) is 1. The maximum absolute atomic E-state index is 12.6. The zero-order valence-corrected chi connectivity index (χ0v) is 12.0. The minimum Gasteiger partial charge on any atom is -0.493 e. The van der Waals surface area contributed by atoms with Crippen LogP contribution in [0.25, 0.3) is 0 Å². The first-order valence-electron chi connectivity index (χ1n) is 6.61. The molecule has 1 atom stereocenters. The maximum Gasteiger partial charge on any atom is 0.257 e. The molecule has 1 unspecified atom stereocenters. The van der Waals surface area contributed by atoms with Gasteiger partial charge in [0.05, 0.1) is 19.8 Å². The number of ketones is 1. The molecular weight excluding hydrogens is 258 g/mol. The van der Waals surface area contributed by atoms with E-state index in [2.05, 4.69) is 0 Å². The van der Waals surface area contributed by atoms with Crippen molar-refractivity contribution in [2.24, 2.45) is 5.92 Å². The lowest BCUT2D eigenvalue weighted by Crippen LogP contribution is -2.43. The largest absolute Gasteiger partial charge is 0.493 e. The van der Waals surface area contributed by atoms with Crippen molar-refractivity contribution in [2.75, 3.05) is 27.3 Å². The summed E-state index contributed by atoms with van der Waals surface area (Å²) in [6.07, 6.45) is 0.416. The number of hydrogen-bond donors (Lipinski definition) is 0. The molecule has 2 rings (SSSR count). The highest BCUT2D eigenvalue weighted by Crippen LogP contribution is 2.32. The third kappa shape index (κ3) is 2.61. The fourth-order valence-electron chi connectivity index (χ4n) is 2.43. The predicted molar refractivity (Wildman–Crippen MR) is 74.2 cm³/mol. The van der Waals surface area contributed by atoms with E-state index in [4.69, 9.17) is 9.47 Å². The number of para-hydroxylation sites is 1. The second kappa shape index (κ2) is 5.94. The van der Waals surface area contributed by atoms with Gasteiger partial charge in [0.15, 0.2) is 11.5 Å². The molecule has 0 radical (unpaired) electrons. The molecule has 5 nitrogen and oxygen atoms in total. The number of nitrogens with zero attached hydrogens (tertiary/aromatic N) is 1. The first-order valence-corrected chi connectivity index (χ1v) is 6.61. The quantitative estimate of drug-likeness (QED) is 0.844. The topological polar surface area (TPSA) is 55.8 Å². The molecule has 108 valence electrons. The monoisotopic (exact) mass is 277 g/mol. The van der Waals surface area contributed by atoms with Crippen LogP contribution < -0.4 is 9.47 Å². The lowest BCUT2D eigenvalue weighted by Gasteiger charge is -2.30. The number of amides is 1. The van der Waals surface area contributed by atoms with Crippen molar-refractivity contribution in [3.8, 4) is 11.5 Å². The van der Waals surface area contributed by atoms with Crippen molar-refractivity contribution >= 4 is 11.7 Å². The van der Waals surface area contributed by atoms with Crippen molar-refractivity contribution in [1.29, 1.82) is 0 Å². The first kappa shape index (κ1) is 14.4. The van der Waals surface area contributed by atoms with Crippen LogP contribution in [0.15, 0.2) is 18.2 Å². The number of likely N-dealkylation sites (tertiary alicyclic amines) is 1. The average Bonchev–Trinajstić information content (AvgIpc) is 2.48. The summed E-state index contributed by atoms with van der Waals surface area (Å²) >= 11 is 0. The summed E-state index contributed by atoms with van der Waals surface area (Å²) in [6, 6.07) is 5.22. The zero-order valence-electron chi connectivity index (χ0n) is 12.0. The molecule has 0 saturated carbocycles. The summed E-state index contributed by atoms with van der Waals surface area (Å²) in [7, 11) is 3.05. The molecule has 0 bridgehead atoms. The fourth-order valence-corrected chi connectivity index (χ4v) is 2.43. The molecule has 0 aromatic heterocycles. The lowest BCUT2D eigenvalue weighted by molar-refractivity contribution is -0.124. The second-order valence-corrected chi connectivity index (χ2v) is 4.91. The third-order valence-electron chi connectivity index (χ3n) is 3.59. The molecule has 0 spiro atoms. The Morgan fingerprint density at radius 1 is 1.30 bits per heavy atom. The van der Waals surface area contributed by atoms with E-state index in [0.29, 0.717) is 36.6 Å². The minimum atomic E-state index is -0.125. The lowest BCUT2D eigenvalue weighted by atomic mass is 9.98. The van der Waals surface area contributed by atoms with Crippen LogP contribution in [0.2, 0.25) is 0 Å². The van der Waals surface area contributed by atoms with E-state index >= 15 is 0 Å². The molecule has 1 fully saturated rings. The van der Waals surface area contributed by atoms with Crippen LogP contribution in [0.1, 0.15) is 23.7 Å². The summed E-state index contributed by atoms with van der Waals surface area (Å²) < 4.78 is 10.5. The zero-order chi connectivity index (χ0) is 14.7. The van der Waals surface area contributed by atoms with E-state index in [1.165, 1.54) is 14.2 Å². The molecule has 1 saturated heterocycles. The van der Waals surface area contributed by atoms with Gasteiger partial charge in [-0.2, -0.15) is 0 Å². The number of piperidine rings is 1. The van der Waals surface area contributed by atoms with E-state index in [9.17, 15) is 9.59 Å². The molecule has 1 aromatic carbocycles. The number of ether oxygens (including phenoxy) is 2. The van der Waals surface area contributed by atoms with Gasteiger partial charge in [0.1, 0.15) is 5.78 Å². The highest BCUT2D eigenvalue weighted by molar-refractivity contribution is 5.98. The molecule has 1 amide bonds. The number of benzene rings is 1. The van der Waals surface area contributed by atoms with Crippen molar-refractivity contribution < 1.29 is 19.1 Å². The average molecular weight is 277 g/mol. The molecular formula is C15H19NO4. The Kier molecular flexibility index (Phi) is 4.27. The Labute approximate surface area is 118 Å². The van der Waals surface area contributed by atoms with Gasteiger partial charge >= 0.3 is 0 Å². The standard InChI is InChI=1S/C15H19NO4/c1-10-9-16(8-7-12(10)17)15(18)11-5-4-6-13(19-2)14(11)20-3/h4-6,10H,7-9H2,1-3H3. The Morgan fingerprint density at radius 2 is 2.05 bits per heavy atom. The molecule has 20 heavy (non-hydrogen) atoms. The molecule has 0 N–H and O–H groups in total. The Bertz CT molecular complexity index is 527. The Hall–Kier alpha value is -2.04. The van der Waals surface area contributed by atoms with Gasteiger partial charge in [-0.1, -0.05) is 13.0 Å². The summed E-state index contributed by atoms with van der Waals surface area (Å²) in [5.41, 5.74) is 0.466. The predicted octanol–water partition coefficient (Wildman–Crippen LogP) is 1.75. The maximum atomic E-state index is 12.6. The number of hydrogen-bond acceptors (Lipinski definition) is 4. The normalized spacial score (nSPS) is 18.9. The molecule has 1 heterocycles. The third-order valence-corrected chi connectivity index (χ3v) is 3.59. The highest BCUT2D eigenvalue weighted by Gasteiger charge is 2.29. The van der Waals surface area contributed by atoms with Crippen molar-refractivity contribution in [3.05, 3.63) is 23.8 Å². The van der Waals surface area contributed by atoms with Gasteiger partial charge in [-0.3, -0.25) is 9.59 Å². The Balaban J connectivity index is 2.27. The number of rotatable bonds is 3. The Morgan fingerprint density at radius 3 is 2.65 bits per heavy atom. The molecule has 1 aliphatic heterocycles. The van der Waals surface area contributed by atoms with Crippen LogP contribution in [0.5, 0.6) is 11.5 Å². The first-order chi connectivity index (χ1) is 9.58. The number of carbonyl (C=O) groups excluding carboxylic acids is 2. The van der Waals surface area contributed by atoms with E-state index in [0.717, 1.165) is 0 Å². The van der Waals surface area contributed by atoms with E-state index < -0.39 is 0 Å². The van der Waals surface area contributed by atoms with Crippen molar-refractivity contribution in [1.82, 2.24) is 4.90 Å². The number of carbonyl (C=O) groups is 2. The van der Waals surface area contributed by atoms with Crippen LogP contribution in [0.4, 0.5) is 0 Å². The van der Waals surface area contributed by atoms with Gasteiger partial charge in [-0.15, -0.1) is 0 Å². The van der Waals surface area contributed by atoms with Crippen LogP contribution in [-0.4, -0.2) is 43.9 Å².